The molecule has 0 amide bonds. The number of likely N-dealkylation sites (N-methyl/N-ethyl adjacent to an activating group) is 1. The molecule has 0 saturated carbocycles. The largest absolute Gasteiger partial charge is 0.464 e. The number of furan rings is 1. The van der Waals surface area contributed by atoms with Crippen LogP contribution in [0.15, 0.2) is 39.2 Å². The minimum absolute atomic E-state index is 0.0402. The molecule has 1 unspecified atom stereocenters. The first-order valence-electron chi connectivity index (χ1n) is 6.33. The standard InChI is InChI=1S/C15H17BrFNO/c1-3-12-5-7-15(19-12)14(18-2)9-10-8-11(17)4-6-13(10)16/h4-8,14,18H,3,9H2,1-2H3. The summed E-state index contributed by atoms with van der Waals surface area (Å²) >= 11 is 3.45. The summed E-state index contributed by atoms with van der Waals surface area (Å²) in [6, 6.07) is 8.74. The van der Waals surface area contributed by atoms with Crippen molar-refractivity contribution in [1.82, 2.24) is 5.32 Å². The Morgan fingerprint density at radius 2 is 2.11 bits per heavy atom. The third-order valence-electron chi connectivity index (χ3n) is 3.15. The van der Waals surface area contributed by atoms with Gasteiger partial charge in [-0.25, -0.2) is 4.39 Å². The van der Waals surface area contributed by atoms with E-state index in [0.717, 1.165) is 28.0 Å². The highest BCUT2D eigenvalue weighted by atomic mass is 79.9. The molecule has 0 fully saturated rings. The van der Waals surface area contributed by atoms with Crippen LogP contribution in [-0.2, 0) is 12.8 Å². The lowest BCUT2D eigenvalue weighted by atomic mass is 10.0. The number of hydrogen-bond acceptors (Lipinski definition) is 2. The van der Waals surface area contributed by atoms with Crippen molar-refractivity contribution < 1.29 is 8.81 Å². The zero-order chi connectivity index (χ0) is 13.8. The van der Waals surface area contributed by atoms with Gasteiger partial charge >= 0.3 is 0 Å². The summed E-state index contributed by atoms with van der Waals surface area (Å²) in [6.07, 6.45) is 1.55. The minimum atomic E-state index is -0.221. The molecule has 102 valence electrons. The Hall–Kier alpha value is -1.13. The van der Waals surface area contributed by atoms with Gasteiger partial charge in [0.15, 0.2) is 0 Å². The summed E-state index contributed by atoms with van der Waals surface area (Å²) in [4.78, 5) is 0. The molecule has 1 aromatic heterocycles. The Bertz CT molecular complexity index is 553. The van der Waals surface area contributed by atoms with Gasteiger partial charge in [-0.15, -0.1) is 0 Å². The summed E-state index contributed by atoms with van der Waals surface area (Å²) in [5.41, 5.74) is 0.925. The van der Waals surface area contributed by atoms with Crippen LogP contribution in [0.1, 0.15) is 30.0 Å². The highest BCUT2D eigenvalue weighted by molar-refractivity contribution is 9.10. The van der Waals surface area contributed by atoms with Gasteiger partial charge < -0.3 is 9.73 Å². The number of hydrogen-bond donors (Lipinski definition) is 1. The van der Waals surface area contributed by atoms with Gasteiger partial charge in [0.25, 0.3) is 0 Å². The van der Waals surface area contributed by atoms with E-state index in [0.29, 0.717) is 6.42 Å². The van der Waals surface area contributed by atoms with Crippen molar-refractivity contribution in [2.24, 2.45) is 0 Å². The van der Waals surface area contributed by atoms with Crippen LogP contribution in [0.5, 0.6) is 0 Å². The molecule has 1 N–H and O–H groups in total. The molecule has 0 aliphatic carbocycles. The maximum atomic E-state index is 13.3. The van der Waals surface area contributed by atoms with E-state index >= 15 is 0 Å². The van der Waals surface area contributed by atoms with Crippen LogP contribution in [0.2, 0.25) is 0 Å². The van der Waals surface area contributed by atoms with Crippen molar-refractivity contribution in [3.05, 3.63) is 57.7 Å². The van der Waals surface area contributed by atoms with Gasteiger partial charge in [0.05, 0.1) is 6.04 Å². The summed E-state index contributed by atoms with van der Waals surface area (Å²) in [5, 5.41) is 3.21. The fourth-order valence-electron chi connectivity index (χ4n) is 2.04. The molecule has 1 aromatic carbocycles. The minimum Gasteiger partial charge on any atom is -0.464 e. The fraction of sp³-hybridized carbons (Fsp3) is 0.333. The zero-order valence-corrected chi connectivity index (χ0v) is 12.6. The zero-order valence-electron chi connectivity index (χ0n) is 11.0. The first kappa shape index (κ1) is 14.3. The van der Waals surface area contributed by atoms with Crippen LogP contribution < -0.4 is 5.32 Å². The summed E-state index contributed by atoms with van der Waals surface area (Å²) < 4.78 is 20.0. The van der Waals surface area contributed by atoms with E-state index in [2.05, 4.69) is 28.2 Å². The monoisotopic (exact) mass is 325 g/mol. The molecule has 19 heavy (non-hydrogen) atoms. The second kappa shape index (κ2) is 6.35. The molecular formula is C15H17BrFNO. The highest BCUT2D eigenvalue weighted by Crippen LogP contribution is 2.25. The van der Waals surface area contributed by atoms with Crippen molar-refractivity contribution >= 4 is 15.9 Å². The molecule has 2 rings (SSSR count). The Labute approximate surface area is 121 Å². The molecule has 1 atom stereocenters. The molecule has 0 aliphatic rings. The average Bonchev–Trinajstić information content (AvgIpc) is 2.88. The topological polar surface area (TPSA) is 25.2 Å². The Morgan fingerprint density at radius 3 is 2.74 bits per heavy atom. The number of aryl methyl sites for hydroxylation is 1. The first-order chi connectivity index (χ1) is 9.13. The van der Waals surface area contributed by atoms with Crippen molar-refractivity contribution in [2.45, 2.75) is 25.8 Å². The quantitative estimate of drug-likeness (QED) is 0.889. The van der Waals surface area contributed by atoms with Crippen LogP contribution >= 0.6 is 15.9 Å². The predicted molar refractivity (Wildman–Crippen MR) is 77.7 cm³/mol. The van der Waals surface area contributed by atoms with Crippen LogP contribution in [0.3, 0.4) is 0 Å². The molecular weight excluding hydrogens is 309 g/mol. The molecule has 0 spiro atoms. The second-order valence-electron chi connectivity index (χ2n) is 4.44. The fourth-order valence-corrected chi connectivity index (χ4v) is 2.44. The van der Waals surface area contributed by atoms with Gasteiger partial charge in [0, 0.05) is 10.9 Å². The van der Waals surface area contributed by atoms with E-state index in [1.807, 2.05) is 19.2 Å². The third kappa shape index (κ3) is 3.45. The number of rotatable bonds is 5. The second-order valence-corrected chi connectivity index (χ2v) is 5.29. The summed E-state index contributed by atoms with van der Waals surface area (Å²) in [5.74, 6) is 1.63. The predicted octanol–water partition coefficient (Wildman–Crippen LogP) is 4.25. The van der Waals surface area contributed by atoms with Gasteiger partial charge in [-0.2, -0.15) is 0 Å². The van der Waals surface area contributed by atoms with Crippen molar-refractivity contribution in [3.8, 4) is 0 Å². The highest BCUT2D eigenvalue weighted by Gasteiger charge is 2.16. The van der Waals surface area contributed by atoms with E-state index in [4.69, 9.17) is 4.42 Å². The van der Waals surface area contributed by atoms with Crippen LogP contribution in [0.4, 0.5) is 4.39 Å². The summed E-state index contributed by atoms with van der Waals surface area (Å²) in [6.45, 7) is 2.06. The van der Waals surface area contributed by atoms with Crippen molar-refractivity contribution in [3.63, 3.8) is 0 Å². The number of nitrogens with one attached hydrogen (secondary N) is 1. The number of halogens is 2. The molecule has 2 aromatic rings. The molecule has 0 bridgehead atoms. The van der Waals surface area contributed by atoms with Crippen LogP contribution in [0.25, 0.3) is 0 Å². The van der Waals surface area contributed by atoms with Gasteiger partial charge in [-0.05, 0) is 49.4 Å². The lowest BCUT2D eigenvalue weighted by Gasteiger charge is -2.15. The maximum Gasteiger partial charge on any atom is 0.123 e. The lowest BCUT2D eigenvalue weighted by molar-refractivity contribution is 0.406. The van der Waals surface area contributed by atoms with Crippen molar-refractivity contribution in [2.75, 3.05) is 7.05 Å². The molecule has 4 heteroatoms. The van der Waals surface area contributed by atoms with Gasteiger partial charge in [-0.1, -0.05) is 22.9 Å². The van der Waals surface area contributed by atoms with E-state index in [-0.39, 0.29) is 11.9 Å². The normalized spacial score (nSPS) is 12.6. The smallest absolute Gasteiger partial charge is 0.123 e. The number of benzene rings is 1. The van der Waals surface area contributed by atoms with Gasteiger partial charge in [0.2, 0.25) is 0 Å². The van der Waals surface area contributed by atoms with E-state index in [1.165, 1.54) is 6.07 Å². The van der Waals surface area contributed by atoms with Crippen LogP contribution in [-0.4, -0.2) is 7.05 Å². The molecule has 1 heterocycles. The molecule has 0 aliphatic heterocycles. The molecule has 2 nitrogen and oxygen atoms in total. The van der Waals surface area contributed by atoms with Crippen LogP contribution in [0, 0.1) is 5.82 Å². The average molecular weight is 326 g/mol. The first-order valence-corrected chi connectivity index (χ1v) is 7.13. The SMILES string of the molecule is CCc1ccc(C(Cc2cc(F)ccc2Br)NC)o1. The van der Waals surface area contributed by atoms with Gasteiger partial charge in [0.1, 0.15) is 17.3 Å². The molecule has 0 radical (unpaired) electrons. The van der Waals surface area contributed by atoms with E-state index in [9.17, 15) is 4.39 Å². The van der Waals surface area contributed by atoms with Gasteiger partial charge in [-0.3, -0.25) is 0 Å². The summed E-state index contributed by atoms with van der Waals surface area (Å²) in [7, 11) is 1.88. The van der Waals surface area contributed by atoms with E-state index < -0.39 is 0 Å². The maximum absolute atomic E-state index is 13.3. The molecule has 0 saturated heterocycles. The lowest BCUT2D eigenvalue weighted by Crippen LogP contribution is -2.18. The Morgan fingerprint density at radius 1 is 1.32 bits per heavy atom. The van der Waals surface area contributed by atoms with Crippen molar-refractivity contribution in [1.29, 1.82) is 0 Å². The Kier molecular flexibility index (Phi) is 4.77. The Balaban J connectivity index is 2.21. The third-order valence-corrected chi connectivity index (χ3v) is 3.93. The van der Waals surface area contributed by atoms with E-state index in [1.54, 1.807) is 12.1 Å².